The van der Waals surface area contributed by atoms with Crippen LogP contribution in [0.1, 0.15) is 43.5 Å². The summed E-state index contributed by atoms with van der Waals surface area (Å²) in [5, 5.41) is 5.68. The van der Waals surface area contributed by atoms with E-state index < -0.39 is 29.1 Å². The number of halogens is 2. The predicted molar refractivity (Wildman–Crippen MR) is 100 cm³/mol. The SMILES string of the molecule is CNCCC1CCN(C(=O)[C@@H](NC(=O)c2c(F)cccc2F)C(C)C)CC1. The fourth-order valence-electron chi connectivity index (χ4n) is 3.43. The maximum Gasteiger partial charge on any atom is 0.257 e. The first-order valence-electron chi connectivity index (χ1n) is 9.53. The number of hydrogen-bond acceptors (Lipinski definition) is 3. The predicted octanol–water partition coefficient (Wildman–Crippen LogP) is 2.57. The van der Waals surface area contributed by atoms with Gasteiger partial charge in [0.25, 0.3) is 5.91 Å². The highest BCUT2D eigenvalue weighted by Gasteiger charge is 2.32. The number of amides is 2. The summed E-state index contributed by atoms with van der Waals surface area (Å²) in [6, 6.07) is 2.44. The van der Waals surface area contributed by atoms with Crippen molar-refractivity contribution in [1.29, 1.82) is 0 Å². The van der Waals surface area contributed by atoms with Gasteiger partial charge in [0.05, 0.1) is 0 Å². The molecule has 0 radical (unpaired) electrons. The van der Waals surface area contributed by atoms with Crippen LogP contribution < -0.4 is 10.6 Å². The first-order chi connectivity index (χ1) is 12.8. The number of piperidine rings is 1. The van der Waals surface area contributed by atoms with Crippen molar-refractivity contribution < 1.29 is 18.4 Å². The van der Waals surface area contributed by atoms with Crippen molar-refractivity contribution in [3.8, 4) is 0 Å². The van der Waals surface area contributed by atoms with Crippen molar-refractivity contribution in [2.24, 2.45) is 11.8 Å². The smallest absolute Gasteiger partial charge is 0.257 e. The zero-order chi connectivity index (χ0) is 20.0. The Bertz CT molecular complexity index is 638. The highest BCUT2D eigenvalue weighted by Crippen LogP contribution is 2.22. The van der Waals surface area contributed by atoms with Crippen LogP contribution >= 0.6 is 0 Å². The standard InChI is InChI=1S/C20H29F2N3O2/c1-13(2)18(24-19(26)17-15(21)5-4-6-16(17)22)20(27)25-11-8-14(9-12-25)7-10-23-3/h4-6,13-14,18,23H,7-12H2,1-3H3,(H,24,26)/t18-/m0/s1. The molecular weight excluding hydrogens is 352 g/mol. The quantitative estimate of drug-likeness (QED) is 0.763. The van der Waals surface area contributed by atoms with Crippen LogP contribution in [0.15, 0.2) is 18.2 Å². The molecule has 2 rings (SSSR count). The van der Waals surface area contributed by atoms with E-state index in [1.807, 2.05) is 7.05 Å². The van der Waals surface area contributed by atoms with Gasteiger partial charge in [0, 0.05) is 13.1 Å². The summed E-state index contributed by atoms with van der Waals surface area (Å²) in [7, 11) is 1.92. The van der Waals surface area contributed by atoms with Crippen LogP contribution in [0, 0.1) is 23.5 Å². The number of likely N-dealkylation sites (tertiary alicyclic amines) is 1. The second kappa shape index (κ2) is 9.78. The fourth-order valence-corrected chi connectivity index (χ4v) is 3.43. The third-order valence-electron chi connectivity index (χ3n) is 5.14. The number of nitrogens with one attached hydrogen (secondary N) is 2. The van der Waals surface area contributed by atoms with Crippen LogP contribution in [0.5, 0.6) is 0 Å². The average Bonchev–Trinajstić information content (AvgIpc) is 2.64. The van der Waals surface area contributed by atoms with E-state index in [-0.39, 0.29) is 11.8 Å². The number of carbonyl (C=O) groups excluding carboxylic acids is 2. The van der Waals surface area contributed by atoms with E-state index in [1.54, 1.807) is 18.7 Å². The van der Waals surface area contributed by atoms with E-state index >= 15 is 0 Å². The van der Waals surface area contributed by atoms with Crippen LogP contribution in [-0.2, 0) is 4.79 Å². The number of hydrogen-bond donors (Lipinski definition) is 2. The van der Waals surface area contributed by atoms with E-state index in [4.69, 9.17) is 0 Å². The van der Waals surface area contributed by atoms with Gasteiger partial charge in [-0.15, -0.1) is 0 Å². The number of carbonyl (C=O) groups is 2. The lowest BCUT2D eigenvalue weighted by atomic mass is 9.92. The lowest BCUT2D eigenvalue weighted by Crippen LogP contribution is -2.53. The molecule has 1 aliphatic rings. The lowest BCUT2D eigenvalue weighted by Gasteiger charge is -2.35. The molecule has 150 valence electrons. The topological polar surface area (TPSA) is 61.4 Å². The van der Waals surface area contributed by atoms with Gasteiger partial charge in [-0.25, -0.2) is 8.78 Å². The molecule has 1 aliphatic heterocycles. The van der Waals surface area contributed by atoms with Crippen LogP contribution in [0.25, 0.3) is 0 Å². The molecule has 2 amide bonds. The minimum Gasteiger partial charge on any atom is -0.341 e. The fraction of sp³-hybridized carbons (Fsp3) is 0.600. The van der Waals surface area contributed by atoms with E-state index in [1.165, 1.54) is 6.07 Å². The minimum atomic E-state index is -0.937. The normalized spacial score (nSPS) is 16.4. The highest BCUT2D eigenvalue weighted by molar-refractivity contribution is 5.98. The molecular formula is C20H29F2N3O2. The molecule has 0 spiro atoms. The van der Waals surface area contributed by atoms with Gasteiger partial charge in [0.1, 0.15) is 23.2 Å². The van der Waals surface area contributed by atoms with Gasteiger partial charge in [-0.1, -0.05) is 19.9 Å². The third-order valence-corrected chi connectivity index (χ3v) is 5.14. The van der Waals surface area contributed by atoms with Crippen molar-refractivity contribution in [3.63, 3.8) is 0 Å². The maximum atomic E-state index is 13.9. The number of rotatable bonds is 7. The summed E-state index contributed by atoms with van der Waals surface area (Å²) in [5.74, 6) is -2.58. The van der Waals surface area contributed by atoms with Gasteiger partial charge in [-0.2, -0.15) is 0 Å². The molecule has 0 saturated carbocycles. The largest absolute Gasteiger partial charge is 0.341 e. The summed E-state index contributed by atoms with van der Waals surface area (Å²) in [4.78, 5) is 27.0. The molecule has 1 fully saturated rings. The molecule has 1 aromatic carbocycles. The van der Waals surface area contributed by atoms with Crippen molar-refractivity contribution >= 4 is 11.8 Å². The van der Waals surface area contributed by atoms with Crippen LogP contribution in [0.2, 0.25) is 0 Å². The average molecular weight is 381 g/mol. The molecule has 5 nitrogen and oxygen atoms in total. The monoisotopic (exact) mass is 381 g/mol. The van der Waals surface area contributed by atoms with Crippen LogP contribution in [-0.4, -0.2) is 49.4 Å². The summed E-state index contributed by atoms with van der Waals surface area (Å²) >= 11 is 0. The molecule has 2 N–H and O–H groups in total. The Morgan fingerprint density at radius 1 is 1.19 bits per heavy atom. The van der Waals surface area contributed by atoms with Crippen molar-refractivity contribution in [1.82, 2.24) is 15.5 Å². The Hall–Kier alpha value is -2.02. The maximum absolute atomic E-state index is 13.9. The van der Waals surface area contributed by atoms with Gasteiger partial charge in [-0.05, 0) is 56.8 Å². The lowest BCUT2D eigenvalue weighted by molar-refractivity contribution is -0.135. The molecule has 0 aliphatic carbocycles. The van der Waals surface area contributed by atoms with Crippen molar-refractivity contribution in [2.45, 2.75) is 39.2 Å². The molecule has 1 heterocycles. The van der Waals surface area contributed by atoms with E-state index in [0.29, 0.717) is 19.0 Å². The molecule has 1 atom stereocenters. The Balaban J connectivity index is 2.03. The first-order valence-corrected chi connectivity index (χ1v) is 9.53. The van der Waals surface area contributed by atoms with E-state index in [2.05, 4.69) is 10.6 Å². The molecule has 1 aromatic rings. The highest BCUT2D eigenvalue weighted by atomic mass is 19.1. The second-order valence-corrected chi connectivity index (χ2v) is 7.45. The number of nitrogens with zero attached hydrogens (tertiary/aromatic N) is 1. The Morgan fingerprint density at radius 3 is 2.30 bits per heavy atom. The Kier molecular flexibility index (Phi) is 7.71. The van der Waals surface area contributed by atoms with Gasteiger partial charge in [0.2, 0.25) is 5.91 Å². The summed E-state index contributed by atoms with van der Waals surface area (Å²) in [6.45, 7) is 5.85. The van der Waals surface area contributed by atoms with Crippen molar-refractivity contribution in [3.05, 3.63) is 35.4 Å². The Labute approximate surface area is 159 Å². The van der Waals surface area contributed by atoms with Crippen molar-refractivity contribution in [2.75, 3.05) is 26.7 Å². The molecule has 0 unspecified atom stereocenters. The molecule has 27 heavy (non-hydrogen) atoms. The van der Waals surface area contributed by atoms with Crippen LogP contribution in [0.3, 0.4) is 0 Å². The summed E-state index contributed by atoms with van der Waals surface area (Å²) in [5.41, 5.74) is -0.651. The molecule has 1 saturated heterocycles. The second-order valence-electron chi connectivity index (χ2n) is 7.45. The number of benzene rings is 1. The first kappa shape index (κ1) is 21.3. The van der Waals surface area contributed by atoms with Gasteiger partial charge >= 0.3 is 0 Å². The molecule has 0 aromatic heterocycles. The van der Waals surface area contributed by atoms with E-state index in [0.717, 1.165) is 37.9 Å². The van der Waals surface area contributed by atoms with E-state index in [9.17, 15) is 18.4 Å². The van der Waals surface area contributed by atoms with Gasteiger partial charge in [0.15, 0.2) is 0 Å². The summed E-state index contributed by atoms with van der Waals surface area (Å²) < 4.78 is 27.7. The van der Waals surface area contributed by atoms with Gasteiger partial charge in [-0.3, -0.25) is 9.59 Å². The van der Waals surface area contributed by atoms with Crippen LogP contribution in [0.4, 0.5) is 8.78 Å². The molecule has 7 heteroatoms. The minimum absolute atomic E-state index is 0.192. The molecule has 0 bridgehead atoms. The van der Waals surface area contributed by atoms with Gasteiger partial charge < -0.3 is 15.5 Å². The zero-order valence-corrected chi connectivity index (χ0v) is 16.2. The Morgan fingerprint density at radius 2 is 1.78 bits per heavy atom. The summed E-state index contributed by atoms with van der Waals surface area (Å²) in [6.07, 6.45) is 2.93. The zero-order valence-electron chi connectivity index (χ0n) is 16.2. The third kappa shape index (κ3) is 5.48.